The van der Waals surface area contributed by atoms with E-state index in [1.807, 2.05) is 0 Å². The number of carbonyl (C=O) groups excluding carboxylic acids is 1. The summed E-state index contributed by atoms with van der Waals surface area (Å²) in [7, 11) is 0. The number of fused-ring (bicyclic) bond motifs is 1. The average Bonchev–Trinajstić information content (AvgIpc) is 2.72. The third-order valence-electron chi connectivity index (χ3n) is 2.86. The maximum absolute atomic E-state index is 12.0. The third kappa shape index (κ3) is 3.22. The molecule has 0 saturated heterocycles. The molecule has 2 aromatic rings. The van der Waals surface area contributed by atoms with Gasteiger partial charge in [0.1, 0.15) is 10.8 Å². The molecule has 0 radical (unpaired) electrons. The van der Waals surface area contributed by atoms with E-state index in [4.69, 9.17) is 21.1 Å². The second kappa shape index (κ2) is 5.97. The van der Waals surface area contributed by atoms with E-state index in [1.165, 1.54) is 12.4 Å². The first-order chi connectivity index (χ1) is 10.2. The zero-order chi connectivity index (χ0) is 14.7. The Balaban J connectivity index is 1.77. The van der Waals surface area contributed by atoms with Crippen LogP contribution in [0.3, 0.4) is 0 Å². The van der Waals surface area contributed by atoms with Gasteiger partial charge >= 0.3 is 0 Å². The molecular weight excluding hydrogens is 294 g/mol. The van der Waals surface area contributed by atoms with E-state index >= 15 is 0 Å². The number of hydrogen-bond donors (Lipinski definition) is 1. The summed E-state index contributed by atoms with van der Waals surface area (Å²) in [6.07, 6.45) is 3.47. The van der Waals surface area contributed by atoms with Crippen molar-refractivity contribution in [1.29, 1.82) is 0 Å². The Morgan fingerprint density at radius 3 is 2.71 bits per heavy atom. The molecule has 0 fully saturated rings. The summed E-state index contributed by atoms with van der Waals surface area (Å²) < 4.78 is 11.1. The van der Waals surface area contributed by atoms with Gasteiger partial charge in [0.15, 0.2) is 11.5 Å². The van der Waals surface area contributed by atoms with E-state index < -0.39 is 0 Å². The normalized spacial score (nSPS) is 13.4. The van der Waals surface area contributed by atoms with E-state index in [2.05, 4.69) is 15.3 Å². The van der Waals surface area contributed by atoms with Gasteiger partial charge in [-0.3, -0.25) is 4.79 Å². The van der Waals surface area contributed by atoms with Gasteiger partial charge in [0.25, 0.3) is 5.91 Å². The van der Waals surface area contributed by atoms with Crippen LogP contribution < -0.4 is 14.8 Å². The highest BCUT2D eigenvalue weighted by Crippen LogP contribution is 2.32. The number of ether oxygens (including phenoxy) is 2. The van der Waals surface area contributed by atoms with E-state index in [0.29, 0.717) is 30.4 Å². The molecule has 108 valence electrons. The first-order valence-corrected chi connectivity index (χ1v) is 6.79. The first-order valence-electron chi connectivity index (χ1n) is 6.41. The van der Waals surface area contributed by atoms with Crippen molar-refractivity contribution < 1.29 is 14.3 Å². The Morgan fingerprint density at radius 1 is 1.14 bits per heavy atom. The Labute approximate surface area is 126 Å². The van der Waals surface area contributed by atoms with Crippen molar-refractivity contribution in [3.05, 3.63) is 41.4 Å². The maximum atomic E-state index is 12.0. The molecule has 2 heterocycles. The second-order valence-electron chi connectivity index (χ2n) is 4.39. The molecule has 1 aromatic carbocycles. The highest BCUT2D eigenvalue weighted by atomic mass is 35.5. The van der Waals surface area contributed by atoms with Crippen molar-refractivity contribution in [2.75, 3.05) is 18.5 Å². The highest BCUT2D eigenvalue weighted by Gasteiger charge is 2.13. The minimum absolute atomic E-state index is 0.187. The van der Waals surface area contributed by atoms with E-state index in [1.54, 1.807) is 18.2 Å². The van der Waals surface area contributed by atoms with Gasteiger partial charge in [0.2, 0.25) is 0 Å². The van der Waals surface area contributed by atoms with Crippen molar-refractivity contribution in [3.8, 4) is 11.5 Å². The lowest BCUT2D eigenvalue weighted by molar-refractivity contribution is 0.102. The molecule has 0 saturated carbocycles. The number of amides is 1. The summed E-state index contributed by atoms with van der Waals surface area (Å²) >= 11 is 5.64. The highest BCUT2D eigenvalue weighted by molar-refractivity contribution is 6.29. The van der Waals surface area contributed by atoms with Crippen LogP contribution in [0, 0.1) is 0 Å². The molecule has 3 rings (SSSR count). The van der Waals surface area contributed by atoms with Gasteiger partial charge in [-0.15, -0.1) is 0 Å². The topological polar surface area (TPSA) is 73.3 Å². The van der Waals surface area contributed by atoms with Gasteiger partial charge in [-0.05, 0) is 12.1 Å². The maximum Gasteiger partial charge on any atom is 0.275 e. The number of hydrogen-bond acceptors (Lipinski definition) is 5. The number of rotatable bonds is 2. The number of anilines is 1. The van der Waals surface area contributed by atoms with E-state index in [-0.39, 0.29) is 16.8 Å². The fourth-order valence-corrected chi connectivity index (χ4v) is 1.96. The molecule has 7 heteroatoms. The number of aromatic nitrogens is 2. The van der Waals surface area contributed by atoms with Crippen molar-refractivity contribution in [1.82, 2.24) is 9.97 Å². The molecule has 0 spiro atoms. The van der Waals surface area contributed by atoms with E-state index in [9.17, 15) is 4.79 Å². The van der Waals surface area contributed by atoms with Crippen LogP contribution in [0.4, 0.5) is 5.69 Å². The predicted molar refractivity (Wildman–Crippen MR) is 77.0 cm³/mol. The molecule has 0 bridgehead atoms. The molecule has 1 N–H and O–H groups in total. The lowest BCUT2D eigenvalue weighted by Crippen LogP contribution is -2.14. The van der Waals surface area contributed by atoms with Gasteiger partial charge < -0.3 is 14.8 Å². The van der Waals surface area contributed by atoms with Crippen molar-refractivity contribution in [3.63, 3.8) is 0 Å². The molecule has 0 aliphatic carbocycles. The van der Waals surface area contributed by atoms with Gasteiger partial charge in [0, 0.05) is 18.2 Å². The Hall–Kier alpha value is -2.34. The van der Waals surface area contributed by atoms with Gasteiger partial charge in [0.05, 0.1) is 25.6 Å². The summed E-state index contributed by atoms with van der Waals surface area (Å²) in [6, 6.07) is 5.24. The number of nitrogens with one attached hydrogen (secondary N) is 1. The standard InChI is InChI=1S/C14H12ClN3O3/c15-13-8-16-10(7-17-13)14(19)18-9-2-3-11-12(6-9)21-5-1-4-20-11/h2-3,6-8H,1,4-5H2,(H,18,19). The molecule has 6 nitrogen and oxygen atoms in total. The fourth-order valence-electron chi connectivity index (χ4n) is 1.87. The third-order valence-corrected chi connectivity index (χ3v) is 3.05. The summed E-state index contributed by atoms with van der Waals surface area (Å²) in [6.45, 7) is 1.21. The SMILES string of the molecule is O=C(Nc1ccc2c(c1)OCCCO2)c1cnc(Cl)cn1. The molecule has 0 unspecified atom stereocenters. The van der Waals surface area contributed by atoms with Gasteiger partial charge in [-0.1, -0.05) is 11.6 Å². The van der Waals surface area contributed by atoms with Crippen molar-refractivity contribution in [2.24, 2.45) is 0 Å². The largest absolute Gasteiger partial charge is 0.490 e. The van der Waals surface area contributed by atoms with Crippen LogP contribution in [0.15, 0.2) is 30.6 Å². The lowest BCUT2D eigenvalue weighted by Gasteiger charge is -2.10. The average molecular weight is 306 g/mol. The van der Waals surface area contributed by atoms with Crippen LogP contribution >= 0.6 is 11.6 Å². The van der Waals surface area contributed by atoms with Crippen LogP contribution in [-0.2, 0) is 0 Å². The first kappa shape index (κ1) is 13.6. The minimum Gasteiger partial charge on any atom is -0.490 e. The number of benzene rings is 1. The molecule has 1 aromatic heterocycles. The number of nitrogens with zero attached hydrogens (tertiary/aromatic N) is 2. The smallest absolute Gasteiger partial charge is 0.275 e. The summed E-state index contributed by atoms with van der Waals surface area (Å²) in [5.41, 5.74) is 0.785. The van der Waals surface area contributed by atoms with Crippen LogP contribution in [0.5, 0.6) is 11.5 Å². The molecule has 0 atom stereocenters. The monoisotopic (exact) mass is 305 g/mol. The zero-order valence-electron chi connectivity index (χ0n) is 11.0. The van der Waals surface area contributed by atoms with Crippen LogP contribution in [-0.4, -0.2) is 29.1 Å². The number of carbonyl (C=O) groups is 1. The predicted octanol–water partition coefficient (Wildman–Crippen LogP) is 2.54. The van der Waals surface area contributed by atoms with Crippen molar-refractivity contribution in [2.45, 2.75) is 6.42 Å². The lowest BCUT2D eigenvalue weighted by atomic mass is 10.2. The van der Waals surface area contributed by atoms with Crippen LogP contribution in [0.1, 0.15) is 16.9 Å². The molecule has 1 aliphatic heterocycles. The number of halogens is 1. The Morgan fingerprint density at radius 2 is 1.95 bits per heavy atom. The van der Waals surface area contributed by atoms with Gasteiger partial charge in [-0.25, -0.2) is 9.97 Å². The van der Waals surface area contributed by atoms with Crippen LogP contribution in [0.25, 0.3) is 0 Å². The summed E-state index contributed by atoms with van der Waals surface area (Å²) in [4.78, 5) is 19.8. The molecular formula is C14H12ClN3O3. The Kier molecular flexibility index (Phi) is 3.87. The van der Waals surface area contributed by atoms with Gasteiger partial charge in [-0.2, -0.15) is 0 Å². The summed E-state index contributed by atoms with van der Waals surface area (Å²) in [5, 5.41) is 2.97. The van der Waals surface area contributed by atoms with E-state index in [0.717, 1.165) is 6.42 Å². The fraction of sp³-hybridized carbons (Fsp3) is 0.214. The quantitative estimate of drug-likeness (QED) is 0.923. The Bertz CT molecular complexity index is 661. The molecule has 21 heavy (non-hydrogen) atoms. The molecule has 1 amide bonds. The summed E-state index contributed by atoms with van der Waals surface area (Å²) in [5.74, 6) is 0.929. The zero-order valence-corrected chi connectivity index (χ0v) is 11.8. The second-order valence-corrected chi connectivity index (χ2v) is 4.78. The van der Waals surface area contributed by atoms with Crippen molar-refractivity contribution >= 4 is 23.2 Å². The van der Waals surface area contributed by atoms with Crippen LogP contribution in [0.2, 0.25) is 5.15 Å². The minimum atomic E-state index is -0.367. The molecule has 1 aliphatic rings.